The van der Waals surface area contributed by atoms with Gasteiger partial charge in [0, 0.05) is 25.8 Å². The summed E-state index contributed by atoms with van der Waals surface area (Å²) in [5.74, 6) is 0. The lowest BCUT2D eigenvalue weighted by atomic mass is 10.1. The fourth-order valence-electron chi connectivity index (χ4n) is 2.78. The molecular formula is C18H19Cl2O3PS. The van der Waals surface area contributed by atoms with Gasteiger partial charge in [-0.1, -0.05) is 47.5 Å². The van der Waals surface area contributed by atoms with E-state index in [-0.39, 0.29) is 11.9 Å². The highest BCUT2D eigenvalue weighted by Gasteiger charge is 2.33. The highest BCUT2D eigenvalue weighted by Crippen LogP contribution is 2.53. The fourth-order valence-corrected chi connectivity index (χ4v) is 6.84. The third-order valence-corrected chi connectivity index (χ3v) is 8.27. The van der Waals surface area contributed by atoms with E-state index >= 15 is 0 Å². The van der Waals surface area contributed by atoms with E-state index in [1.54, 1.807) is 30.0 Å². The molecule has 0 N–H and O–H groups in total. The van der Waals surface area contributed by atoms with Crippen molar-refractivity contribution in [3.8, 4) is 0 Å². The van der Waals surface area contributed by atoms with Crippen LogP contribution in [-0.4, -0.2) is 18.0 Å². The van der Waals surface area contributed by atoms with Crippen molar-refractivity contribution in [3.05, 3.63) is 63.6 Å². The molecule has 0 radical (unpaired) electrons. The normalized spacial score (nSPS) is 18.8. The maximum Gasteiger partial charge on any atom is 0.332 e. The Kier molecular flexibility index (Phi) is 6.54. The predicted molar refractivity (Wildman–Crippen MR) is 105 cm³/mol. The van der Waals surface area contributed by atoms with E-state index in [1.165, 1.54) is 10.5 Å². The molecule has 0 spiro atoms. The molecular weight excluding hydrogens is 398 g/mol. The van der Waals surface area contributed by atoms with Crippen molar-refractivity contribution in [1.82, 2.24) is 0 Å². The van der Waals surface area contributed by atoms with Crippen molar-refractivity contribution in [2.24, 2.45) is 0 Å². The number of hydrogen-bond acceptors (Lipinski definition) is 4. The summed E-state index contributed by atoms with van der Waals surface area (Å²) in [5.41, 5.74) is 1.92. The minimum Gasteiger partial charge on any atom is -0.309 e. The van der Waals surface area contributed by atoms with E-state index in [9.17, 15) is 4.57 Å². The third kappa shape index (κ3) is 4.82. The molecule has 1 heterocycles. The van der Waals surface area contributed by atoms with Crippen LogP contribution >= 0.6 is 42.6 Å². The molecule has 0 fully saturated rings. The van der Waals surface area contributed by atoms with Gasteiger partial charge in [0.15, 0.2) is 0 Å². The zero-order valence-corrected chi connectivity index (χ0v) is 17.0. The van der Waals surface area contributed by atoms with E-state index in [0.717, 1.165) is 6.42 Å². The SMILES string of the molecule is CCOP(=O)(CC1Cc2ccccc2S1)OCc1c(Cl)cccc1Cl. The highest BCUT2D eigenvalue weighted by atomic mass is 35.5. The maximum atomic E-state index is 13.2. The van der Waals surface area contributed by atoms with E-state index in [1.807, 2.05) is 19.1 Å². The van der Waals surface area contributed by atoms with Gasteiger partial charge in [0.1, 0.15) is 0 Å². The summed E-state index contributed by atoms with van der Waals surface area (Å²) < 4.78 is 24.4. The number of hydrogen-bond donors (Lipinski definition) is 0. The summed E-state index contributed by atoms with van der Waals surface area (Å²) in [6.07, 6.45) is 1.23. The first kappa shape index (κ1) is 19.3. The van der Waals surface area contributed by atoms with Crippen molar-refractivity contribution in [3.63, 3.8) is 0 Å². The van der Waals surface area contributed by atoms with Crippen LogP contribution in [0.4, 0.5) is 0 Å². The van der Waals surface area contributed by atoms with Gasteiger partial charge in [-0.15, -0.1) is 11.8 Å². The topological polar surface area (TPSA) is 35.5 Å². The van der Waals surface area contributed by atoms with E-state index < -0.39 is 7.60 Å². The molecule has 1 aliphatic heterocycles. The molecule has 0 amide bonds. The van der Waals surface area contributed by atoms with E-state index in [4.69, 9.17) is 32.2 Å². The van der Waals surface area contributed by atoms with Crippen LogP contribution in [0.25, 0.3) is 0 Å². The first-order valence-corrected chi connectivity index (χ1v) is 11.4. The van der Waals surface area contributed by atoms with Crippen molar-refractivity contribution in [2.75, 3.05) is 12.8 Å². The van der Waals surface area contributed by atoms with Crippen LogP contribution in [0.1, 0.15) is 18.1 Å². The quantitative estimate of drug-likeness (QED) is 0.485. The van der Waals surface area contributed by atoms with Crippen molar-refractivity contribution < 1.29 is 13.6 Å². The van der Waals surface area contributed by atoms with Gasteiger partial charge in [0.25, 0.3) is 0 Å². The third-order valence-electron chi connectivity index (χ3n) is 3.93. The molecule has 0 bridgehead atoms. The lowest BCUT2D eigenvalue weighted by molar-refractivity contribution is 0.205. The maximum absolute atomic E-state index is 13.2. The summed E-state index contributed by atoms with van der Waals surface area (Å²) in [6, 6.07) is 13.5. The Morgan fingerprint density at radius 3 is 2.52 bits per heavy atom. The smallest absolute Gasteiger partial charge is 0.309 e. The zero-order chi connectivity index (χ0) is 17.9. The lowest BCUT2D eigenvalue weighted by Gasteiger charge is -2.21. The Morgan fingerprint density at radius 1 is 1.12 bits per heavy atom. The van der Waals surface area contributed by atoms with Gasteiger partial charge < -0.3 is 9.05 Å². The number of thioether (sulfide) groups is 1. The summed E-state index contributed by atoms with van der Waals surface area (Å²) in [5, 5.41) is 1.17. The second-order valence-electron chi connectivity index (χ2n) is 5.74. The van der Waals surface area contributed by atoms with Gasteiger partial charge >= 0.3 is 7.60 Å². The summed E-state index contributed by atoms with van der Waals surface area (Å²) in [4.78, 5) is 1.24. The first-order valence-electron chi connectivity index (χ1n) is 8.06. The molecule has 134 valence electrons. The van der Waals surface area contributed by atoms with Gasteiger partial charge in [0.05, 0.1) is 19.4 Å². The van der Waals surface area contributed by atoms with Crippen LogP contribution in [0.15, 0.2) is 47.4 Å². The Labute approximate surface area is 162 Å². The molecule has 7 heteroatoms. The summed E-state index contributed by atoms with van der Waals surface area (Å²) >= 11 is 14.1. The minimum absolute atomic E-state index is 0.0696. The fraction of sp³-hybridized carbons (Fsp3) is 0.333. The average Bonchev–Trinajstić information content (AvgIpc) is 2.96. The number of fused-ring (bicyclic) bond motifs is 1. The molecule has 2 atom stereocenters. The molecule has 25 heavy (non-hydrogen) atoms. The molecule has 2 unspecified atom stereocenters. The van der Waals surface area contributed by atoms with Gasteiger partial charge in [-0.05, 0) is 37.1 Å². The molecule has 0 aliphatic carbocycles. The lowest BCUT2D eigenvalue weighted by Crippen LogP contribution is -2.12. The van der Waals surface area contributed by atoms with Crippen LogP contribution < -0.4 is 0 Å². The second kappa shape index (κ2) is 8.47. The van der Waals surface area contributed by atoms with E-state index in [0.29, 0.717) is 28.4 Å². The molecule has 0 saturated heterocycles. The molecule has 3 nitrogen and oxygen atoms in total. The molecule has 2 aromatic carbocycles. The Hall–Kier alpha value is -0.480. The molecule has 0 saturated carbocycles. The Bertz CT molecular complexity index is 754. The van der Waals surface area contributed by atoms with E-state index in [2.05, 4.69) is 12.1 Å². The van der Waals surface area contributed by atoms with Gasteiger partial charge in [-0.3, -0.25) is 4.57 Å². The number of benzene rings is 2. The molecule has 3 rings (SSSR count). The molecule has 1 aliphatic rings. The van der Waals surface area contributed by atoms with Gasteiger partial charge in [-0.25, -0.2) is 0 Å². The predicted octanol–water partition coefficient (Wildman–Crippen LogP) is 6.46. The number of halogens is 2. The first-order chi connectivity index (χ1) is 12.0. The van der Waals surface area contributed by atoms with Crippen molar-refractivity contribution in [2.45, 2.75) is 30.1 Å². The minimum atomic E-state index is -3.24. The van der Waals surface area contributed by atoms with Crippen molar-refractivity contribution in [1.29, 1.82) is 0 Å². The number of rotatable bonds is 7. The Morgan fingerprint density at radius 2 is 1.84 bits per heavy atom. The summed E-state index contributed by atoms with van der Waals surface area (Å²) in [6.45, 7) is 2.22. The largest absolute Gasteiger partial charge is 0.332 e. The summed E-state index contributed by atoms with van der Waals surface area (Å²) in [7, 11) is -3.24. The monoisotopic (exact) mass is 416 g/mol. The average molecular weight is 417 g/mol. The van der Waals surface area contributed by atoms with Crippen LogP contribution in [-0.2, 0) is 26.6 Å². The van der Waals surface area contributed by atoms with Crippen LogP contribution in [0, 0.1) is 0 Å². The van der Waals surface area contributed by atoms with Crippen LogP contribution in [0.2, 0.25) is 10.0 Å². The standard InChI is InChI=1S/C18H19Cl2O3PS/c1-2-22-24(21,23-11-15-16(19)7-5-8-17(15)20)12-14-10-13-6-3-4-9-18(13)25-14/h3-9,14H,2,10-12H2,1H3. The van der Waals surface area contributed by atoms with Crippen LogP contribution in [0.5, 0.6) is 0 Å². The van der Waals surface area contributed by atoms with Gasteiger partial charge in [0.2, 0.25) is 0 Å². The van der Waals surface area contributed by atoms with Crippen molar-refractivity contribution >= 4 is 42.6 Å². The highest BCUT2D eigenvalue weighted by molar-refractivity contribution is 8.00. The molecule has 0 aromatic heterocycles. The van der Waals surface area contributed by atoms with Crippen LogP contribution in [0.3, 0.4) is 0 Å². The second-order valence-corrected chi connectivity index (χ2v) is 10.00. The zero-order valence-electron chi connectivity index (χ0n) is 13.8. The molecule has 2 aromatic rings. The Balaban J connectivity index is 1.69. The van der Waals surface area contributed by atoms with Gasteiger partial charge in [-0.2, -0.15) is 0 Å².